The van der Waals surface area contributed by atoms with Crippen LogP contribution in [0.4, 0.5) is 0 Å². The maximum atomic E-state index is 8.10. The molecule has 0 spiro atoms. The van der Waals surface area contributed by atoms with Crippen LogP contribution in [-0.2, 0) is 0 Å². The summed E-state index contributed by atoms with van der Waals surface area (Å²) < 4.78 is 0.343. The van der Waals surface area contributed by atoms with E-state index in [2.05, 4.69) is 28.6 Å². The monoisotopic (exact) mass is 189 g/mol. The van der Waals surface area contributed by atoms with E-state index in [4.69, 9.17) is 10.5 Å². The predicted octanol–water partition coefficient (Wildman–Crippen LogP) is 0.343. The molecule has 0 saturated carbocycles. The topological polar surface area (TPSA) is 47.6 Å². The second-order valence-corrected chi connectivity index (χ2v) is 2.89. The van der Waals surface area contributed by atoms with Gasteiger partial charge in [0.05, 0.1) is 0 Å². The van der Waals surface area contributed by atoms with Crippen LogP contribution >= 0.6 is 12.6 Å². The SMILES string of the molecule is N#CC(C#N)=C(S)[Se]. The fourth-order valence-corrected chi connectivity index (χ4v) is 0.412. The van der Waals surface area contributed by atoms with E-state index in [0.29, 0.717) is 3.80 Å². The Morgan fingerprint density at radius 3 is 1.75 bits per heavy atom. The molecule has 0 amide bonds. The first-order valence-electron chi connectivity index (χ1n) is 1.62. The molecule has 0 bridgehead atoms. The van der Waals surface area contributed by atoms with Gasteiger partial charge in [-0.3, -0.25) is 0 Å². The summed E-state index contributed by atoms with van der Waals surface area (Å²) in [4.78, 5) is 0. The number of allylic oxidation sites excluding steroid dienone is 1. The molecule has 0 aliphatic heterocycles. The van der Waals surface area contributed by atoms with E-state index < -0.39 is 0 Å². The summed E-state index contributed by atoms with van der Waals surface area (Å²) in [6, 6.07) is 3.32. The summed E-state index contributed by atoms with van der Waals surface area (Å²) in [5, 5.41) is 16.2. The van der Waals surface area contributed by atoms with E-state index in [9.17, 15) is 0 Å². The summed E-state index contributed by atoms with van der Waals surface area (Å²) in [6.45, 7) is 0. The van der Waals surface area contributed by atoms with Gasteiger partial charge in [-0.05, 0) is 0 Å². The summed E-state index contributed by atoms with van der Waals surface area (Å²) in [5.41, 5.74) is 0.0216. The molecule has 0 fully saturated rings. The number of rotatable bonds is 0. The average Bonchev–Trinajstić information content (AvgIpc) is 1.69. The molecule has 39 valence electrons. The van der Waals surface area contributed by atoms with E-state index in [1.165, 1.54) is 0 Å². The Kier molecular flexibility index (Phi) is 3.39. The molecule has 0 N–H and O–H groups in total. The van der Waals surface area contributed by atoms with Crippen LogP contribution in [-0.4, -0.2) is 16.0 Å². The summed E-state index contributed by atoms with van der Waals surface area (Å²) in [7, 11) is 0. The molecule has 4 heteroatoms. The van der Waals surface area contributed by atoms with Gasteiger partial charge in [0.2, 0.25) is 0 Å². The quantitative estimate of drug-likeness (QED) is 0.338. The van der Waals surface area contributed by atoms with Crippen LogP contribution < -0.4 is 0 Å². The summed E-state index contributed by atoms with van der Waals surface area (Å²) in [6.07, 6.45) is 0. The van der Waals surface area contributed by atoms with Gasteiger partial charge in [-0.15, -0.1) is 0 Å². The maximum absolute atomic E-state index is 8.10. The Morgan fingerprint density at radius 2 is 1.75 bits per heavy atom. The first-order valence-corrected chi connectivity index (χ1v) is 2.93. The summed E-state index contributed by atoms with van der Waals surface area (Å²) in [5.74, 6) is 0. The Balaban J connectivity index is 4.47. The van der Waals surface area contributed by atoms with Crippen LogP contribution in [0.15, 0.2) is 9.38 Å². The van der Waals surface area contributed by atoms with E-state index >= 15 is 0 Å². The zero-order valence-electron chi connectivity index (χ0n) is 3.75. The second-order valence-electron chi connectivity index (χ2n) is 0.904. The van der Waals surface area contributed by atoms with Crippen LogP contribution in [0.1, 0.15) is 0 Å². The molecule has 0 aliphatic carbocycles. The fourth-order valence-electron chi connectivity index (χ4n) is 0.121. The fraction of sp³-hybridized carbons (Fsp3) is 0. The van der Waals surface area contributed by atoms with E-state index in [-0.39, 0.29) is 5.57 Å². The van der Waals surface area contributed by atoms with Crippen molar-refractivity contribution >= 4 is 28.6 Å². The number of hydrogen-bond acceptors (Lipinski definition) is 3. The third-order valence-corrected chi connectivity index (χ3v) is 1.09. The van der Waals surface area contributed by atoms with E-state index in [0.717, 1.165) is 0 Å². The Hall–Kier alpha value is -0.411. The molecule has 0 aromatic rings. The standard InChI is InChI=1S/C4HN2SSe/c5-1-3(2-6)4(7)8/h7H. The number of nitriles is 2. The molecule has 0 aromatic carbocycles. The van der Waals surface area contributed by atoms with Gasteiger partial charge < -0.3 is 0 Å². The molecule has 0 aliphatic rings. The van der Waals surface area contributed by atoms with Gasteiger partial charge in [-0.2, -0.15) is 0 Å². The van der Waals surface area contributed by atoms with Crippen molar-refractivity contribution in [3.8, 4) is 12.1 Å². The molecular formula is C4HN2SSe. The minimum absolute atomic E-state index is 0.0216. The number of hydrogen-bond donors (Lipinski definition) is 1. The predicted molar refractivity (Wildman–Crippen MR) is 33.0 cm³/mol. The van der Waals surface area contributed by atoms with Crippen molar-refractivity contribution in [1.82, 2.24) is 0 Å². The molecule has 0 saturated heterocycles. The molecule has 0 rings (SSSR count). The molecule has 8 heavy (non-hydrogen) atoms. The van der Waals surface area contributed by atoms with Crippen molar-refractivity contribution in [3.05, 3.63) is 9.38 Å². The molecule has 2 nitrogen and oxygen atoms in total. The summed E-state index contributed by atoms with van der Waals surface area (Å²) >= 11 is 6.17. The van der Waals surface area contributed by atoms with Gasteiger partial charge in [-0.1, -0.05) is 0 Å². The van der Waals surface area contributed by atoms with Crippen molar-refractivity contribution < 1.29 is 0 Å². The van der Waals surface area contributed by atoms with Gasteiger partial charge in [0.1, 0.15) is 0 Å². The Bertz CT molecular complexity index is 175. The molecular weight excluding hydrogens is 187 g/mol. The third-order valence-electron chi connectivity index (χ3n) is 0.437. The van der Waals surface area contributed by atoms with Crippen molar-refractivity contribution in [2.45, 2.75) is 0 Å². The Morgan fingerprint density at radius 1 is 1.38 bits per heavy atom. The van der Waals surface area contributed by atoms with Crippen molar-refractivity contribution in [3.63, 3.8) is 0 Å². The van der Waals surface area contributed by atoms with E-state index in [1.807, 2.05) is 0 Å². The van der Waals surface area contributed by atoms with Crippen molar-refractivity contribution in [2.75, 3.05) is 0 Å². The minimum atomic E-state index is 0.0216. The first-order chi connectivity index (χ1) is 3.72. The third kappa shape index (κ3) is 2.04. The zero-order chi connectivity index (χ0) is 6.57. The van der Waals surface area contributed by atoms with Crippen molar-refractivity contribution in [1.29, 1.82) is 10.5 Å². The zero-order valence-corrected chi connectivity index (χ0v) is 6.36. The van der Waals surface area contributed by atoms with Crippen LogP contribution in [0.25, 0.3) is 0 Å². The molecule has 0 heterocycles. The van der Waals surface area contributed by atoms with Crippen LogP contribution in [0.3, 0.4) is 0 Å². The number of thiol groups is 1. The normalized spacial score (nSPS) is 6.38. The van der Waals surface area contributed by atoms with Crippen LogP contribution in [0.5, 0.6) is 0 Å². The van der Waals surface area contributed by atoms with Gasteiger partial charge in [0.15, 0.2) is 0 Å². The van der Waals surface area contributed by atoms with Gasteiger partial charge in [-0.25, -0.2) is 0 Å². The molecule has 1 radical (unpaired) electrons. The van der Waals surface area contributed by atoms with Gasteiger partial charge in [0, 0.05) is 0 Å². The Labute approximate surface area is 61.0 Å². The number of nitrogens with zero attached hydrogens (tertiary/aromatic N) is 2. The van der Waals surface area contributed by atoms with E-state index in [1.54, 1.807) is 12.1 Å². The van der Waals surface area contributed by atoms with Crippen LogP contribution in [0, 0.1) is 22.7 Å². The second kappa shape index (κ2) is 3.57. The van der Waals surface area contributed by atoms with Gasteiger partial charge in [0.25, 0.3) is 0 Å². The average molecular weight is 188 g/mol. The molecule has 0 aromatic heterocycles. The van der Waals surface area contributed by atoms with Gasteiger partial charge >= 0.3 is 60.7 Å². The van der Waals surface area contributed by atoms with Crippen LogP contribution in [0.2, 0.25) is 0 Å². The molecule has 0 atom stereocenters. The molecule has 0 unspecified atom stereocenters. The first kappa shape index (κ1) is 7.59. The van der Waals surface area contributed by atoms with Crippen molar-refractivity contribution in [2.24, 2.45) is 0 Å².